The van der Waals surface area contributed by atoms with Crippen LogP contribution in [0.2, 0.25) is 0 Å². The lowest BCUT2D eigenvalue weighted by molar-refractivity contribution is 0.0697. The highest BCUT2D eigenvalue weighted by molar-refractivity contribution is 5.95. The van der Waals surface area contributed by atoms with Crippen molar-refractivity contribution < 1.29 is 15.0 Å². The second kappa shape index (κ2) is 7.17. The molecule has 0 aliphatic carbocycles. The zero-order chi connectivity index (χ0) is 17.8. The third-order valence-corrected chi connectivity index (χ3v) is 4.03. The van der Waals surface area contributed by atoms with E-state index in [0.29, 0.717) is 17.9 Å². The number of nitrogens with zero attached hydrogens (tertiary/aromatic N) is 3. The molecular formula is C19H19N3O3. The molecule has 0 saturated heterocycles. The average molecular weight is 337 g/mol. The summed E-state index contributed by atoms with van der Waals surface area (Å²) in [5.41, 5.74) is 2.06. The summed E-state index contributed by atoms with van der Waals surface area (Å²) < 4.78 is 1.85. The van der Waals surface area contributed by atoms with E-state index in [1.807, 2.05) is 28.8 Å². The van der Waals surface area contributed by atoms with Gasteiger partial charge >= 0.3 is 5.97 Å². The van der Waals surface area contributed by atoms with Gasteiger partial charge in [-0.15, -0.1) is 5.11 Å². The zero-order valence-corrected chi connectivity index (χ0v) is 13.9. The largest absolute Gasteiger partial charge is 0.493 e. The van der Waals surface area contributed by atoms with Gasteiger partial charge in [-0.2, -0.15) is 5.11 Å². The van der Waals surface area contributed by atoms with Gasteiger partial charge in [0.2, 0.25) is 5.88 Å². The maximum atomic E-state index is 10.9. The monoisotopic (exact) mass is 337 g/mol. The smallest absolute Gasteiger partial charge is 0.335 e. The van der Waals surface area contributed by atoms with Crippen molar-refractivity contribution in [1.82, 2.24) is 4.57 Å². The number of aromatic carboxylic acids is 1. The summed E-state index contributed by atoms with van der Waals surface area (Å²) in [5, 5.41) is 28.7. The van der Waals surface area contributed by atoms with Gasteiger partial charge in [-0.05, 0) is 36.8 Å². The molecule has 2 N–H and O–H groups in total. The first-order valence-corrected chi connectivity index (χ1v) is 8.17. The number of azo groups is 1. The third-order valence-electron chi connectivity index (χ3n) is 4.03. The van der Waals surface area contributed by atoms with E-state index >= 15 is 0 Å². The van der Waals surface area contributed by atoms with Crippen molar-refractivity contribution in [2.24, 2.45) is 10.2 Å². The summed E-state index contributed by atoms with van der Waals surface area (Å²) in [7, 11) is 0. The predicted octanol–water partition coefficient (Wildman–Crippen LogP) is 5.26. The highest BCUT2D eigenvalue weighted by Crippen LogP contribution is 2.39. The standard InChI is InChI=1S/C19H19N3O3/c1-2-3-12-22-16-7-5-4-6-15(16)17(18(22)23)21-20-14-10-8-13(9-11-14)19(24)25/h4-11,23H,2-3,12H2,1H3,(H,24,25). The summed E-state index contributed by atoms with van der Waals surface area (Å²) in [4.78, 5) is 10.9. The molecule has 0 radical (unpaired) electrons. The molecule has 6 nitrogen and oxygen atoms in total. The molecule has 3 rings (SSSR count). The van der Waals surface area contributed by atoms with E-state index in [2.05, 4.69) is 17.2 Å². The fraction of sp³-hybridized carbons (Fsp3) is 0.211. The number of carboxylic acid groups (broad SMARTS) is 1. The van der Waals surface area contributed by atoms with Gasteiger partial charge in [-0.25, -0.2) is 4.79 Å². The minimum atomic E-state index is -0.986. The van der Waals surface area contributed by atoms with Crippen LogP contribution < -0.4 is 0 Å². The lowest BCUT2D eigenvalue weighted by Crippen LogP contribution is -1.96. The fourth-order valence-electron chi connectivity index (χ4n) is 2.69. The molecule has 0 aliphatic heterocycles. The van der Waals surface area contributed by atoms with Crippen LogP contribution in [-0.2, 0) is 6.54 Å². The van der Waals surface area contributed by atoms with Crippen LogP contribution in [-0.4, -0.2) is 20.7 Å². The summed E-state index contributed by atoms with van der Waals surface area (Å²) >= 11 is 0. The zero-order valence-electron chi connectivity index (χ0n) is 13.9. The molecule has 0 spiro atoms. The predicted molar refractivity (Wildman–Crippen MR) is 96.1 cm³/mol. The summed E-state index contributed by atoms with van der Waals surface area (Å²) in [6.07, 6.45) is 1.98. The summed E-state index contributed by atoms with van der Waals surface area (Å²) in [6, 6.07) is 13.8. The van der Waals surface area contributed by atoms with E-state index < -0.39 is 5.97 Å². The van der Waals surface area contributed by atoms with Crippen LogP contribution in [0, 0.1) is 0 Å². The fourth-order valence-corrected chi connectivity index (χ4v) is 2.69. The van der Waals surface area contributed by atoms with Gasteiger partial charge in [0.05, 0.1) is 16.8 Å². The topological polar surface area (TPSA) is 87.2 Å². The number of carbonyl (C=O) groups is 1. The number of hydrogen-bond acceptors (Lipinski definition) is 4. The lowest BCUT2D eigenvalue weighted by atomic mass is 10.2. The van der Waals surface area contributed by atoms with Crippen molar-refractivity contribution >= 4 is 28.2 Å². The van der Waals surface area contributed by atoms with Gasteiger partial charge in [0, 0.05) is 11.9 Å². The molecule has 0 amide bonds. The number of aromatic nitrogens is 1. The molecule has 6 heteroatoms. The van der Waals surface area contributed by atoms with Crippen molar-refractivity contribution in [1.29, 1.82) is 0 Å². The van der Waals surface area contributed by atoms with E-state index in [4.69, 9.17) is 5.11 Å². The van der Waals surface area contributed by atoms with Crippen molar-refractivity contribution in [2.75, 3.05) is 0 Å². The Bertz CT molecular complexity index is 927. The quantitative estimate of drug-likeness (QED) is 0.601. The molecule has 0 atom stereocenters. The molecule has 3 aromatic rings. The molecule has 0 fully saturated rings. The highest BCUT2D eigenvalue weighted by atomic mass is 16.4. The Hall–Kier alpha value is -3.15. The molecule has 2 aromatic carbocycles. The average Bonchev–Trinajstić information content (AvgIpc) is 2.89. The van der Waals surface area contributed by atoms with E-state index in [1.165, 1.54) is 12.1 Å². The molecule has 0 unspecified atom stereocenters. The minimum Gasteiger partial charge on any atom is -0.493 e. The Labute approximate surface area is 145 Å². The van der Waals surface area contributed by atoms with E-state index in [-0.39, 0.29) is 11.4 Å². The number of fused-ring (bicyclic) bond motifs is 1. The molecule has 1 aromatic heterocycles. The first-order chi connectivity index (χ1) is 12.1. The molecule has 1 heterocycles. The van der Waals surface area contributed by atoms with Gasteiger partial charge in [0.25, 0.3) is 0 Å². The van der Waals surface area contributed by atoms with Crippen LogP contribution in [0.1, 0.15) is 30.1 Å². The van der Waals surface area contributed by atoms with Gasteiger partial charge in [0.1, 0.15) is 0 Å². The number of aryl methyl sites for hydroxylation is 1. The van der Waals surface area contributed by atoms with Crippen LogP contribution in [0.25, 0.3) is 10.9 Å². The Morgan fingerprint density at radius 1 is 1.08 bits per heavy atom. The molecular weight excluding hydrogens is 318 g/mol. The second-order valence-electron chi connectivity index (χ2n) is 5.75. The van der Waals surface area contributed by atoms with Crippen LogP contribution >= 0.6 is 0 Å². The van der Waals surface area contributed by atoms with E-state index in [0.717, 1.165) is 23.7 Å². The van der Waals surface area contributed by atoms with Crippen molar-refractivity contribution in [3.63, 3.8) is 0 Å². The number of para-hydroxylation sites is 1. The first-order valence-electron chi connectivity index (χ1n) is 8.17. The van der Waals surface area contributed by atoms with Gasteiger partial charge in [-0.1, -0.05) is 31.5 Å². The Balaban J connectivity index is 1.97. The maximum Gasteiger partial charge on any atom is 0.335 e. The number of unbranched alkanes of at least 4 members (excludes halogenated alkanes) is 1. The van der Waals surface area contributed by atoms with Crippen LogP contribution in [0.15, 0.2) is 58.8 Å². The number of carboxylic acids is 1. The van der Waals surface area contributed by atoms with Crippen molar-refractivity contribution in [2.45, 2.75) is 26.3 Å². The maximum absolute atomic E-state index is 10.9. The van der Waals surface area contributed by atoms with E-state index in [9.17, 15) is 9.90 Å². The Morgan fingerprint density at radius 3 is 2.48 bits per heavy atom. The van der Waals surface area contributed by atoms with Gasteiger partial charge < -0.3 is 14.8 Å². The van der Waals surface area contributed by atoms with Crippen LogP contribution in [0.4, 0.5) is 11.4 Å². The minimum absolute atomic E-state index is 0.0977. The van der Waals surface area contributed by atoms with Crippen molar-refractivity contribution in [3.8, 4) is 5.88 Å². The number of hydrogen-bond donors (Lipinski definition) is 2. The SMILES string of the molecule is CCCCn1c(O)c(N=Nc2ccc(C(=O)O)cc2)c2ccccc21. The van der Waals surface area contributed by atoms with Crippen LogP contribution in [0.5, 0.6) is 5.88 Å². The lowest BCUT2D eigenvalue weighted by Gasteiger charge is -2.05. The first kappa shape index (κ1) is 16.7. The molecule has 0 aliphatic rings. The van der Waals surface area contributed by atoms with Crippen LogP contribution in [0.3, 0.4) is 0 Å². The molecule has 25 heavy (non-hydrogen) atoms. The number of aromatic hydroxyl groups is 1. The Kier molecular flexibility index (Phi) is 4.79. The second-order valence-corrected chi connectivity index (χ2v) is 5.75. The molecule has 0 bridgehead atoms. The molecule has 0 saturated carbocycles. The Morgan fingerprint density at radius 2 is 1.80 bits per heavy atom. The van der Waals surface area contributed by atoms with Crippen molar-refractivity contribution in [3.05, 3.63) is 54.1 Å². The highest BCUT2D eigenvalue weighted by Gasteiger charge is 2.15. The summed E-state index contributed by atoms with van der Waals surface area (Å²) in [5.74, 6) is -0.888. The number of rotatable bonds is 6. The normalized spacial score (nSPS) is 11.4. The molecule has 128 valence electrons. The summed E-state index contributed by atoms with van der Waals surface area (Å²) in [6.45, 7) is 2.82. The number of benzene rings is 2. The third kappa shape index (κ3) is 3.38. The van der Waals surface area contributed by atoms with Gasteiger partial charge in [-0.3, -0.25) is 0 Å². The van der Waals surface area contributed by atoms with Gasteiger partial charge in [0.15, 0.2) is 5.69 Å². The van der Waals surface area contributed by atoms with E-state index in [1.54, 1.807) is 12.1 Å².